The molecule has 1 aromatic carbocycles. The summed E-state index contributed by atoms with van der Waals surface area (Å²) in [5, 5.41) is 2.00. The van der Waals surface area contributed by atoms with Gasteiger partial charge in [-0.2, -0.15) is 0 Å². The summed E-state index contributed by atoms with van der Waals surface area (Å²) in [5.41, 5.74) is 6.17. The van der Waals surface area contributed by atoms with Crippen LogP contribution in [0.1, 0.15) is 26.7 Å². The molecule has 3 unspecified atom stereocenters. The van der Waals surface area contributed by atoms with Crippen molar-refractivity contribution in [2.45, 2.75) is 50.4 Å². The molecule has 0 spiro atoms. The van der Waals surface area contributed by atoms with E-state index in [0.717, 1.165) is 12.1 Å². The molecule has 168 valence electrons. The number of piperidine rings is 1. The van der Waals surface area contributed by atoms with Crippen LogP contribution < -0.4 is 20.9 Å². The zero-order chi connectivity index (χ0) is 22.1. The number of sulfonamides is 1. The van der Waals surface area contributed by atoms with Crippen molar-refractivity contribution in [3.05, 3.63) is 24.3 Å². The number of carbonyl (C=O) groups excluding carboxylic acids is 1. The Morgan fingerprint density at radius 3 is 2.33 bits per heavy atom. The number of benzene rings is 1. The molecule has 30 heavy (non-hydrogen) atoms. The van der Waals surface area contributed by atoms with Crippen molar-refractivity contribution >= 4 is 21.6 Å². The van der Waals surface area contributed by atoms with Crippen molar-refractivity contribution in [3.8, 4) is 5.75 Å². The molecule has 1 aromatic rings. The summed E-state index contributed by atoms with van der Waals surface area (Å²) in [4.78, 5) is 12.6. The summed E-state index contributed by atoms with van der Waals surface area (Å²) < 4.78 is 68.1. The highest BCUT2D eigenvalue weighted by Gasteiger charge is 2.45. The van der Waals surface area contributed by atoms with Crippen molar-refractivity contribution in [3.63, 3.8) is 0 Å². The van der Waals surface area contributed by atoms with Gasteiger partial charge in [0.05, 0.1) is 5.92 Å². The molecule has 0 saturated carbocycles. The van der Waals surface area contributed by atoms with Crippen molar-refractivity contribution in [2.75, 3.05) is 18.4 Å². The van der Waals surface area contributed by atoms with E-state index in [1.807, 2.05) is 0 Å². The van der Waals surface area contributed by atoms with Crippen molar-refractivity contribution < 1.29 is 31.1 Å². The smallest absolute Gasteiger partial charge is 0.406 e. The van der Waals surface area contributed by atoms with E-state index in [1.54, 1.807) is 13.8 Å². The van der Waals surface area contributed by atoms with Crippen molar-refractivity contribution in [1.82, 2.24) is 15.2 Å². The van der Waals surface area contributed by atoms with Crippen LogP contribution in [0.3, 0.4) is 0 Å². The first-order valence-electron chi connectivity index (χ1n) is 9.64. The van der Waals surface area contributed by atoms with Gasteiger partial charge in [0.25, 0.3) is 0 Å². The minimum absolute atomic E-state index is 0.0688. The van der Waals surface area contributed by atoms with Crippen LogP contribution in [0.15, 0.2) is 24.3 Å². The topological polar surface area (TPSA) is 99.8 Å². The van der Waals surface area contributed by atoms with Gasteiger partial charge in [-0.3, -0.25) is 15.6 Å². The van der Waals surface area contributed by atoms with Crippen LogP contribution in [0, 0.1) is 5.92 Å². The normalized spacial score (nSPS) is 28.3. The lowest BCUT2D eigenvalue weighted by atomic mass is 9.98. The van der Waals surface area contributed by atoms with E-state index in [0.29, 0.717) is 25.1 Å². The molecule has 1 amide bonds. The van der Waals surface area contributed by atoms with Crippen LogP contribution in [-0.2, 0) is 14.8 Å². The number of rotatable bonds is 5. The van der Waals surface area contributed by atoms with Gasteiger partial charge in [-0.25, -0.2) is 12.7 Å². The fraction of sp³-hybridized carbons (Fsp3) is 0.611. The molecule has 12 heteroatoms. The highest BCUT2D eigenvalue weighted by molar-refractivity contribution is 7.89. The van der Waals surface area contributed by atoms with Gasteiger partial charge in [0.1, 0.15) is 11.0 Å². The van der Waals surface area contributed by atoms with Gasteiger partial charge >= 0.3 is 6.36 Å². The van der Waals surface area contributed by atoms with E-state index in [4.69, 9.17) is 0 Å². The molecule has 0 bridgehead atoms. The number of hydrazine groups is 1. The average molecular weight is 450 g/mol. The first kappa shape index (κ1) is 22.8. The van der Waals surface area contributed by atoms with Crippen LogP contribution in [0.5, 0.6) is 5.75 Å². The van der Waals surface area contributed by atoms with Crippen molar-refractivity contribution in [2.24, 2.45) is 5.92 Å². The average Bonchev–Trinajstić information content (AvgIpc) is 3.01. The maximum absolute atomic E-state index is 13.1. The lowest BCUT2D eigenvalue weighted by Crippen LogP contribution is -2.51. The molecule has 3 rings (SSSR count). The predicted molar refractivity (Wildman–Crippen MR) is 104 cm³/mol. The molecule has 0 aromatic heterocycles. The minimum Gasteiger partial charge on any atom is -0.406 e. The number of amides is 1. The van der Waals surface area contributed by atoms with Crippen LogP contribution in [0.25, 0.3) is 0 Å². The molecule has 2 aliphatic heterocycles. The van der Waals surface area contributed by atoms with Gasteiger partial charge in [0, 0.05) is 30.9 Å². The van der Waals surface area contributed by atoms with E-state index in [2.05, 4.69) is 20.9 Å². The Labute approximate surface area is 173 Å². The summed E-state index contributed by atoms with van der Waals surface area (Å²) in [6, 6.07) is 4.27. The number of carbonyl (C=O) groups is 1. The Kier molecular flexibility index (Phi) is 6.60. The quantitative estimate of drug-likeness (QED) is 0.633. The van der Waals surface area contributed by atoms with Crippen LogP contribution in [0.4, 0.5) is 18.9 Å². The van der Waals surface area contributed by atoms with Gasteiger partial charge in [-0.1, -0.05) is 0 Å². The van der Waals surface area contributed by atoms with E-state index in [9.17, 15) is 26.4 Å². The zero-order valence-electron chi connectivity index (χ0n) is 16.6. The summed E-state index contributed by atoms with van der Waals surface area (Å²) in [7, 11) is -3.62. The summed E-state index contributed by atoms with van der Waals surface area (Å²) in [5.74, 6) is -1.31. The predicted octanol–water partition coefficient (Wildman–Crippen LogP) is 1.82. The highest BCUT2D eigenvalue weighted by atomic mass is 32.2. The number of anilines is 1. The second-order valence-electron chi connectivity index (χ2n) is 7.63. The minimum atomic E-state index is -4.79. The molecule has 2 fully saturated rings. The number of hydrogen-bond donors (Lipinski definition) is 3. The third kappa shape index (κ3) is 5.23. The number of ether oxygens (including phenoxy) is 1. The molecule has 3 atom stereocenters. The molecule has 3 N–H and O–H groups in total. The molecule has 8 nitrogen and oxygen atoms in total. The van der Waals surface area contributed by atoms with Gasteiger partial charge in [0.15, 0.2) is 0 Å². The number of alkyl halides is 3. The molecule has 2 aliphatic rings. The summed E-state index contributed by atoms with van der Waals surface area (Å²) in [6.07, 6.45) is -3.72. The largest absolute Gasteiger partial charge is 0.573 e. The van der Waals surface area contributed by atoms with Gasteiger partial charge < -0.3 is 10.1 Å². The number of nitrogens with one attached hydrogen (secondary N) is 3. The molecule has 2 saturated heterocycles. The Bertz CT molecular complexity index is 853. The Morgan fingerprint density at radius 2 is 1.77 bits per heavy atom. The number of hydrogen-bond acceptors (Lipinski definition) is 6. The summed E-state index contributed by atoms with van der Waals surface area (Å²) >= 11 is 0. The van der Waals surface area contributed by atoms with E-state index >= 15 is 0 Å². The van der Waals surface area contributed by atoms with Crippen LogP contribution in [-0.4, -0.2) is 55.4 Å². The highest BCUT2D eigenvalue weighted by Crippen LogP contribution is 2.27. The summed E-state index contributed by atoms with van der Waals surface area (Å²) in [6.45, 7) is 4.00. The van der Waals surface area contributed by atoms with E-state index in [-0.39, 0.29) is 24.5 Å². The van der Waals surface area contributed by atoms with Gasteiger partial charge in [-0.15, -0.1) is 13.2 Å². The molecule has 2 heterocycles. The standard InChI is InChI=1S/C18H25F3N4O4S/c1-11-16(12(2)24-23-11)30(27,28)25-9-3-4-13(10-25)17(26)22-14-5-7-15(8-6-14)29-18(19,20)21/h5-8,11-13,16,23-24H,3-4,9-10H2,1-2H3,(H,22,26). The van der Waals surface area contributed by atoms with Gasteiger partial charge in [0.2, 0.25) is 15.9 Å². The molecular formula is C18H25F3N4O4S. The number of halogens is 3. The second kappa shape index (κ2) is 8.69. The first-order valence-corrected chi connectivity index (χ1v) is 11.1. The Balaban J connectivity index is 1.63. The fourth-order valence-corrected chi connectivity index (χ4v) is 6.20. The number of nitrogens with zero attached hydrogens (tertiary/aromatic N) is 1. The second-order valence-corrected chi connectivity index (χ2v) is 9.72. The van der Waals surface area contributed by atoms with E-state index in [1.165, 1.54) is 16.4 Å². The maximum Gasteiger partial charge on any atom is 0.573 e. The SMILES string of the molecule is CC1NNC(C)C1S(=O)(=O)N1CCCC(C(=O)Nc2ccc(OC(F)(F)F)cc2)C1. The van der Waals surface area contributed by atoms with Gasteiger partial charge in [-0.05, 0) is 51.0 Å². The lowest BCUT2D eigenvalue weighted by molar-refractivity contribution is -0.274. The zero-order valence-corrected chi connectivity index (χ0v) is 17.4. The fourth-order valence-electron chi connectivity index (χ4n) is 3.92. The lowest BCUT2D eigenvalue weighted by Gasteiger charge is -2.34. The van der Waals surface area contributed by atoms with Crippen LogP contribution in [0.2, 0.25) is 0 Å². The first-order chi connectivity index (χ1) is 14.0. The Morgan fingerprint density at radius 1 is 1.17 bits per heavy atom. The molecule has 0 radical (unpaired) electrons. The maximum atomic E-state index is 13.1. The third-order valence-corrected chi connectivity index (χ3v) is 7.89. The van der Waals surface area contributed by atoms with Crippen LogP contribution >= 0.6 is 0 Å². The Hall–Kier alpha value is -1.89. The third-order valence-electron chi connectivity index (χ3n) is 5.34. The van der Waals surface area contributed by atoms with Crippen molar-refractivity contribution in [1.29, 1.82) is 0 Å². The molecular weight excluding hydrogens is 425 g/mol. The van der Waals surface area contributed by atoms with E-state index < -0.39 is 33.3 Å². The monoisotopic (exact) mass is 450 g/mol. The molecule has 0 aliphatic carbocycles.